The second-order valence-electron chi connectivity index (χ2n) is 2.16. The van der Waals surface area contributed by atoms with Crippen molar-refractivity contribution >= 4 is 0 Å². The fraction of sp³-hybridized carbons (Fsp3) is 0.167. The molecule has 0 bridgehead atoms. The van der Waals surface area contributed by atoms with Crippen molar-refractivity contribution in [1.29, 1.82) is 0 Å². The number of rotatable bonds is 0. The summed E-state index contributed by atoms with van der Waals surface area (Å²) in [4.78, 5) is 0. The van der Waals surface area contributed by atoms with E-state index < -0.39 is 0 Å². The van der Waals surface area contributed by atoms with Crippen LogP contribution in [0.15, 0.2) is 24.1 Å². The number of quaternary nitrogens is 1. The molecular formula is C6H9NO2. The van der Waals surface area contributed by atoms with Gasteiger partial charge >= 0.3 is 0 Å². The second-order valence-corrected chi connectivity index (χ2v) is 2.16. The fourth-order valence-electron chi connectivity index (χ4n) is 0.670. The second kappa shape index (κ2) is 1.79. The SMILES string of the molecule is C[N+]1(O)C=C(O)C=C[CH-]1. The van der Waals surface area contributed by atoms with Gasteiger partial charge in [0.05, 0.1) is 12.8 Å². The standard InChI is InChI=1S/C6H9NO2/c1-7(9)4-2-3-6(8)5-7/h2-5,8-9H,1H3. The molecule has 1 aliphatic rings. The molecular weight excluding hydrogens is 118 g/mol. The van der Waals surface area contributed by atoms with E-state index in [4.69, 9.17) is 10.3 Å². The molecule has 0 aliphatic carbocycles. The van der Waals surface area contributed by atoms with E-state index in [1.165, 1.54) is 12.3 Å². The average molecular weight is 127 g/mol. The molecule has 0 radical (unpaired) electrons. The smallest absolute Gasteiger partial charge is 0.141 e. The Kier molecular flexibility index (Phi) is 1.23. The lowest BCUT2D eigenvalue weighted by molar-refractivity contribution is -1.02. The Bertz CT molecular complexity index is 170. The summed E-state index contributed by atoms with van der Waals surface area (Å²) in [5.74, 6) is 0.0856. The molecule has 2 N–H and O–H groups in total. The van der Waals surface area contributed by atoms with Crippen LogP contribution in [0.4, 0.5) is 0 Å². The first kappa shape index (κ1) is 6.19. The zero-order valence-electron chi connectivity index (χ0n) is 5.15. The maximum Gasteiger partial charge on any atom is 0.141 e. The Morgan fingerprint density at radius 1 is 1.67 bits per heavy atom. The molecule has 0 aromatic heterocycles. The monoisotopic (exact) mass is 127 g/mol. The van der Waals surface area contributed by atoms with Crippen molar-refractivity contribution in [3.63, 3.8) is 0 Å². The van der Waals surface area contributed by atoms with Crippen molar-refractivity contribution in [3.8, 4) is 0 Å². The molecule has 1 heterocycles. The van der Waals surface area contributed by atoms with Crippen LogP contribution in [0.25, 0.3) is 0 Å². The van der Waals surface area contributed by atoms with E-state index in [-0.39, 0.29) is 10.4 Å². The van der Waals surface area contributed by atoms with Gasteiger partial charge in [-0.3, -0.25) is 0 Å². The lowest BCUT2D eigenvalue weighted by Crippen LogP contribution is -2.31. The van der Waals surface area contributed by atoms with Gasteiger partial charge in [-0.1, -0.05) is 0 Å². The molecule has 0 fully saturated rings. The van der Waals surface area contributed by atoms with Crippen LogP contribution in [0.5, 0.6) is 0 Å². The van der Waals surface area contributed by atoms with E-state index in [9.17, 15) is 0 Å². The van der Waals surface area contributed by atoms with Crippen LogP contribution in [0.1, 0.15) is 0 Å². The minimum atomic E-state index is -0.387. The molecule has 0 amide bonds. The summed E-state index contributed by atoms with van der Waals surface area (Å²) in [5.41, 5.74) is 0. The van der Waals surface area contributed by atoms with E-state index in [0.29, 0.717) is 0 Å². The van der Waals surface area contributed by atoms with Crippen molar-refractivity contribution in [2.24, 2.45) is 0 Å². The predicted molar refractivity (Wildman–Crippen MR) is 32.1 cm³/mol. The van der Waals surface area contributed by atoms with Gasteiger partial charge in [0.25, 0.3) is 0 Å². The minimum Gasteiger partial charge on any atom is -0.521 e. The van der Waals surface area contributed by atoms with Crippen molar-refractivity contribution in [1.82, 2.24) is 0 Å². The van der Waals surface area contributed by atoms with E-state index in [0.717, 1.165) is 0 Å². The Balaban J connectivity index is 2.78. The molecule has 1 atom stereocenters. The number of aliphatic hydroxyl groups excluding tert-OH is 1. The molecule has 0 aromatic carbocycles. The molecule has 0 saturated carbocycles. The van der Waals surface area contributed by atoms with Gasteiger partial charge in [-0.15, -0.1) is 0 Å². The number of hydrogen-bond donors (Lipinski definition) is 2. The predicted octanol–water partition coefficient (Wildman–Crippen LogP) is 0.953. The van der Waals surface area contributed by atoms with Crippen molar-refractivity contribution in [2.75, 3.05) is 7.05 Å². The third kappa shape index (κ3) is 1.48. The molecule has 3 heteroatoms. The van der Waals surface area contributed by atoms with Crippen LogP contribution in [0.3, 0.4) is 0 Å². The Labute approximate surface area is 53.7 Å². The molecule has 50 valence electrons. The van der Waals surface area contributed by atoms with Crippen LogP contribution in [-0.4, -0.2) is 22.0 Å². The van der Waals surface area contributed by atoms with Gasteiger partial charge in [-0.25, -0.2) is 5.21 Å². The van der Waals surface area contributed by atoms with Crippen molar-refractivity contribution < 1.29 is 15.0 Å². The summed E-state index contributed by atoms with van der Waals surface area (Å²) in [6, 6.07) is 0. The zero-order chi connectivity index (χ0) is 6.91. The van der Waals surface area contributed by atoms with Crippen LogP contribution < -0.4 is 0 Å². The summed E-state index contributed by atoms with van der Waals surface area (Å²) in [5, 5.41) is 18.0. The molecule has 0 spiro atoms. The summed E-state index contributed by atoms with van der Waals surface area (Å²) >= 11 is 0. The lowest BCUT2D eigenvalue weighted by atomic mass is 10.3. The third-order valence-corrected chi connectivity index (χ3v) is 1.05. The largest absolute Gasteiger partial charge is 0.521 e. The highest BCUT2D eigenvalue weighted by Crippen LogP contribution is 2.11. The first-order chi connectivity index (χ1) is 4.10. The number of nitrogens with zero attached hydrogens (tertiary/aromatic N) is 1. The normalized spacial score (nSPS) is 33.3. The highest BCUT2D eigenvalue weighted by Gasteiger charge is 2.10. The Hall–Kier alpha value is -0.930. The molecule has 1 rings (SSSR count). The Morgan fingerprint density at radius 3 is 2.67 bits per heavy atom. The van der Waals surface area contributed by atoms with Gasteiger partial charge in [-0.05, 0) is 6.54 Å². The minimum absolute atomic E-state index is 0.0856. The number of aliphatic hydroxyl groups is 1. The fourth-order valence-corrected chi connectivity index (χ4v) is 0.670. The highest BCUT2D eigenvalue weighted by molar-refractivity contribution is 5.13. The third-order valence-electron chi connectivity index (χ3n) is 1.05. The first-order valence-corrected chi connectivity index (χ1v) is 2.63. The van der Waals surface area contributed by atoms with E-state index >= 15 is 0 Å². The number of hydrogen-bond acceptors (Lipinski definition) is 2. The summed E-state index contributed by atoms with van der Waals surface area (Å²) < 4.78 is -0.387. The zero-order valence-corrected chi connectivity index (χ0v) is 5.15. The van der Waals surface area contributed by atoms with Crippen molar-refractivity contribution in [2.45, 2.75) is 0 Å². The number of likely N-dealkylation sites (N-methyl/N-ethyl adjacent to an activating group) is 1. The highest BCUT2D eigenvalue weighted by atomic mass is 16.5. The van der Waals surface area contributed by atoms with E-state index in [1.54, 1.807) is 19.7 Å². The molecule has 1 unspecified atom stereocenters. The van der Waals surface area contributed by atoms with E-state index in [2.05, 4.69) is 0 Å². The van der Waals surface area contributed by atoms with Crippen LogP contribution in [0, 0.1) is 6.54 Å². The molecule has 0 aromatic rings. The van der Waals surface area contributed by atoms with Gasteiger partial charge in [0.2, 0.25) is 0 Å². The van der Waals surface area contributed by atoms with Gasteiger partial charge in [0.15, 0.2) is 0 Å². The van der Waals surface area contributed by atoms with Gasteiger partial charge in [0.1, 0.15) is 6.20 Å². The Morgan fingerprint density at radius 2 is 2.33 bits per heavy atom. The summed E-state index contributed by atoms with van der Waals surface area (Å²) in [6.45, 7) is 1.54. The molecule has 3 nitrogen and oxygen atoms in total. The first-order valence-electron chi connectivity index (χ1n) is 2.63. The number of allylic oxidation sites excluding steroid dienone is 1. The van der Waals surface area contributed by atoms with Crippen LogP contribution in [0.2, 0.25) is 0 Å². The maximum absolute atomic E-state index is 9.14. The summed E-state index contributed by atoms with van der Waals surface area (Å²) in [6.07, 6.45) is 4.42. The molecule has 0 saturated heterocycles. The summed E-state index contributed by atoms with van der Waals surface area (Å²) in [7, 11) is 1.54. The van der Waals surface area contributed by atoms with Crippen LogP contribution in [-0.2, 0) is 0 Å². The topological polar surface area (TPSA) is 40.5 Å². The van der Waals surface area contributed by atoms with E-state index in [1.807, 2.05) is 0 Å². The molecule has 9 heavy (non-hydrogen) atoms. The van der Waals surface area contributed by atoms with Gasteiger partial charge < -0.3 is 5.11 Å². The van der Waals surface area contributed by atoms with Crippen molar-refractivity contribution in [3.05, 3.63) is 30.7 Å². The molecule has 1 aliphatic heterocycles. The van der Waals surface area contributed by atoms with Gasteiger partial charge in [-0.2, -0.15) is 16.8 Å². The van der Waals surface area contributed by atoms with Gasteiger partial charge in [0, 0.05) is 0 Å². The number of hydroxylamine groups is 3. The maximum atomic E-state index is 9.14. The average Bonchev–Trinajstić information content (AvgIpc) is 1.60. The lowest BCUT2D eigenvalue weighted by Gasteiger charge is -2.26. The van der Waals surface area contributed by atoms with Crippen LogP contribution >= 0.6 is 0 Å². The quantitative estimate of drug-likeness (QED) is 0.375.